The molecule has 0 aromatic heterocycles. The third-order valence-electron chi connectivity index (χ3n) is 3.11. The molecule has 4 heteroatoms. The number of hydrogen-bond acceptors (Lipinski definition) is 3. The molecular weight excluding hydrogens is 282 g/mol. The predicted molar refractivity (Wildman–Crippen MR) is 71.4 cm³/mol. The highest BCUT2D eigenvalue weighted by atomic mass is 79.9. The summed E-state index contributed by atoms with van der Waals surface area (Å²) in [5, 5.41) is 0. The van der Waals surface area contributed by atoms with E-state index >= 15 is 0 Å². The molecule has 1 aromatic carbocycles. The third-order valence-corrected chi connectivity index (χ3v) is 3.73. The van der Waals surface area contributed by atoms with E-state index in [1.807, 2.05) is 6.07 Å². The number of rotatable bonds is 3. The highest BCUT2D eigenvalue weighted by molar-refractivity contribution is 9.10. The highest BCUT2D eigenvalue weighted by Gasteiger charge is 2.18. The zero-order chi connectivity index (χ0) is 12.3. The Morgan fingerprint density at radius 2 is 2.35 bits per heavy atom. The molecule has 0 amide bonds. The molecule has 0 bridgehead atoms. The fourth-order valence-electron chi connectivity index (χ4n) is 2.04. The lowest BCUT2D eigenvalue weighted by Crippen LogP contribution is -2.42. The lowest BCUT2D eigenvalue weighted by molar-refractivity contribution is -0.00438. The molecule has 1 unspecified atom stereocenters. The van der Waals surface area contributed by atoms with Gasteiger partial charge in [-0.1, -0.05) is 6.07 Å². The first kappa shape index (κ1) is 12.9. The normalized spacial score (nSPS) is 21.5. The summed E-state index contributed by atoms with van der Waals surface area (Å²) in [6.07, 6.45) is 0. The monoisotopic (exact) mass is 299 g/mol. The molecule has 0 N–H and O–H groups in total. The highest BCUT2D eigenvalue weighted by Crippen LogP contribution is 2.26. The average Bonchev–Trinajstić information content (AvgIpc) is 2.32. The van der Waals surface area contributed by atoms with Crippen LogP contribution in [0.5, 0.6) is 5.75 Å². The van der Waals surface area contributed by atoms with E-state index in [1.54, 1.807) is 7.11 Å². The molecular formula is C13H18BrNO2. The van der Waals surface area contributed by atoms with Gasteiger partial charge in [0.05, 0.1) is 24.8 Å². The SMILES string of the molecule is COc1ccc(CN2CCOCC2C)cc1Br. The van der Waals surface area contributed by atoms with Crippen LogP contribution in [0.1, 0.15) is 12.5 Å². The maximum absolute atomic E-state index is 5.44. The molecule has 0 saturated carbocycles. The Bertz CT molecular complexity index is 384. The van der Waals surface area contributed by atoms with Gasteiger partial charge >= 0.3 is 0 Å². The maximum Gasteiger partial charge on any atom is 0.133 e. The molecule has 2 rings (SSSR count). The first-order chi connectivity index (χ1) is 8.20. The Labute approximate surface area is 111 Å². The molecule has 1 saturated heterocycles. The molecule has 1 aromatic rings. The van der Waals surface area contributed by atoms with Crippen LogP contribution in [0.25, 0.3) is 0 Å². The van der Waals surface area contributed by atoms with E-state index in [9.17, 15) is 0 Å². The summed E-state index contributed by atoms with van der Waals surface area (Å²) in [4.78, 5) is 2.44. The van der Waals surface area contributed by atoms with Gasteiger partial charge in [0.2, 0.25) is 0 Å². The van der Waals surface area contributed by atoms with Crippen molar-refractivity contribution < 1.29 is 9.47 Å². The van der Waals surface area contributed by atoms with Gasteiger partial charge in [0.25, 0.3) is 0 Å². The average molecular weight is 300 g/mol. The zero-order valence-electron chi connectivity index (χ0n) is 10.3. The first-order valence-electron chi connectivity index (χ1n) is 5.85. The zero-order valence-corrected chi connectivity index (χ0v) is 11.9. The van der Waals surface area contributed by atoms with Crippen LogP contribution < -0.4 is 4.74 Å². The van der Waals surface area contributed by atoms with Gasteiger partial charge < -0.3 is 9.47 Å². The van der Waals surface area contributed by atoms with Gasteiger partial charge in [0.15, 0.2) is 0 Å². The number of halogens is 1. The van der Waals surface area contributed by atoms with Crippen molar-refractivity contribution in [3.05, 3.63) is 28.2 Å². The van der Waals surface area contributed by atoms with Crippen molar-refractivity contribution in [2.75, 3.05) is 26.9 Å². The van der Waals surface area contributed by atoms with Gasteiger partial charge in [-0.15, -0.1) is 0 Å². The van der Waals surface area contributed by atoms with Crippen LogP contribution in [-0.2, 0) is 11.3 Å². The van der Waals surface area contributed by atoms with Crippen molar-refractivity contribution in [3.8, 4) is 5.75 Å². The van der Waals surface area contributed by atoms with E-state index in [0.29, 0.717) is 6.04 Å². The molecule has 1 fully saturated rings. The van der Waals surface area contributed by atoms with E-state index in [4.69, 9.17) is 9.47 Å². The minimum absolute atomic E-state index is 0.490. The molecule has 0 spiro atoms. The van der Waals surface area contributed by atoms with Crippen molar-refractivity contribution in [2.24, 2.45) is 0 Å². The number of morpholine rings is 1. The van der Waals surface area contributed by atoms with Crippen LogP contribution in [0.15, 0.2) is 22.7 Å². The predicted octanol–water partition coefficient (Wildman–Crippen LogP) is 2.68. The van der Waals surface area contributed by atoms with E-state index in [1.165, 1.54) is 5.56 Å². The van der Waals surface area contributed by atoms with Crippen molar-refractivity contribution >= 4 is 15.9 Å². The molecule has 0 aliphatic carbocycles. The smallest absolute Gasteiger partial charge is 0.133 e. The second kappa shape index (κ2) is 5.85. The van der Waals surface area contributed by atoms with E-state index in [-0.39, 0.29) is 0 Å². The lowest BCUT2D eigenvalue weighted by Gasteiger charge is -2.33. The van der Waals surface area contributed by atoms with E-state index in [0.717, 1.165) is 36.5 Å². The Kier molecular flexibility index (Phi) is 4.42. The van der Waals surface area contributed by atoms with E-state index in [2.05, 4.69) is 39.9 Å². The Balaban J connectivity index is 2.05. The largest absolute Gasteiger partial charge is 0.496 e. The molecule has 1 heterocycles. The lowest BCUT2D eigenvalue weighted by atomic mass is 10.1. The van der Waals surface area contributed by atoms with Crippen LogP contribution in [0, 0.1) is 0 Å². The molecule has 1 aliphatic heterocycles. The van der Waals surface area contributed by atoms with Crippen LogP contribution >= 0.6 is 15.9 Å². The van der Waals surface area contributed by atoms with Gasteiger partial charge in [-0.25, -0.2) is 0 Å². The summed E-state index contributed by atoms with van der Waals surface area (Å²) >= 11 is 3.52. The quantitative estimate of drug-likeness (QED) is 0.856. The summed E-state index contributed by atoms with van der Waals surface area (Å²) in [5.41, 5.74) is 1.30. The van der Waals surface area contributed by atoms with Crippen LogP contribution in [0.4, 0.5) is 0 Å². The molecule has 1 aliphatic rings. The summed E-state index contributed by atoms with van der Waals surface area (Å²) in [7, 11) is 1.68. The number of benzene rings is 1. The Morgan fingerprint density at radius 1 is 1.53 bits per heavy atom. The van der Waals surface area contributed by atoms with Crippen LogP contribution in [0.3, 0.4) is 0 Å². The fraction of sp³-hybridized carbons (Fsp3) is 0.538. The number of methoxy groups -OCH3 is 1. The minimum atomic E-state index is 0.490. The van der Waals surface area contributed by atoms with Gasteiger partial charge in [0.1, 0.15) is 5.75 Å². The Morgan fingerprint density at radius 3 is 3.00 bits per heavy atom. The second-order valence-electron chi connectivity index (χ2n) is 4.36. The fourth-order valence-corrected chi connectivity index (χ4v) is 2.63. The molecule has 94 valence electrons. The van der Waals surface area contributed by atoms with Crippen molar-refractivity contribution in [1.29, 1.82) is 0 Å². The summed E-state index contributed by atoms with van der Waals surface area (Å²) in [6, 6.07) is 6.74. The van der Waals surface area contributed by atoms with Gasteiger partial charge in [-0.2, -0.15) is 0 Å². The second-order valence-corrected chi connectivity index (χ2v) is 5.22. The number of hydrogen-bond donors (Lipinski definition) is 0. The van der Waals surface area contributed by atoms with E-state index < -0.39 is 0 Å². The van der Waals surface area contributed by atoms with Crippen molar-refractivity contribution in [1.82, 2.24) is 4.90 Å². The van der Waals surface area contributed by atoms with Crippen LogP contribution in [0.2, 0.25) is 0 Å². The summed E-state index contributed by atoms with van der Waals surface area (Å²) in [5.74, 6) is 0.878. The standard InChI is InChI=1S/C13H18BrNO2/c1-10-9-17-6-5-15(10)8-11-3-4-13(16-2)12(14)7-11/h3-4,7,10H,5-6,8-9H2,1-2H3. The maximum atomic E-state index is 5.44. The summed E-state index contributed by atoms with van der Waals surface area (Å²) < 4.78 is 11.7. The molecule has 0 radical (unpaired) electrons. The summed E-state index contributed by atoms with van der Waals surface area (Å²) in [6.45, 7) is 5.84. The van der Waals surface area contributed by atoms with Gasteiger partial charge in [-0.3, -0.25) is 4.90 Å². The topological polar surface area (TPSA) is 21.7 Å². The first-order valence-corrected chi connectivity index (χ1v) is 6.64. The van der Waals surface area contributed by atoms with Gasteiger partial charge in [0, 0.05) is 19.1 Å². The van der Waals surface area contributed by atoms with Crippen LogP contribution in [-0.4, -0.2) is 37.8 Å². The Hall–Kier alpha value is -0.580. The molecule has 1 atom stereocenters. The van der Waals surface area contributed by atoms with Crippen molar-refractivity contribution in [2.45, 2.75) is 19.5 Å². The molecule has 17 heavy (non-hydrogen) atoms. The van der Waals surface area contributed by atoms with Crippen molar-refractivity contribution in [3.63, 3.8) is 0 Å². The number of ether oxygens (including phenoxy) is 2. The molecule has 3 nitrogen and oxygen atoms in total. The third kappa shape index (κ3) is 3.21. The van der Waals surface area contributed by atoms with Gasteiger partial charge in [-0.05, 0) is 40.5 Å². The number of nitrogens with zero attached hydrogens (tertiary/aromatic N) is 1. The minimum Gasteiger partial charge on any atom is -0.496 e.